The van der Waals surface area contributed by atoms with Crippen molar-refractivity contribution in [3.63, 3.8) is 0 Å². The molecule has 26 heavy (non-hydrogen) atoms. The third-order valence-corrected chi connectivity index (χ3v) is 4.44. The normalized spacial score (nSPS) is 14.0. The molecular formula is C20H24N4O2. The highest BCUT2D eigenvalue weighted by molar-refractivity contribution is 5.94. The maximum atomic E-state index is 12.7. The van der Waals surface area contributed by atoms with Crippen LogP contribution in [0.1, 0.15) is 10.4 Å². The quantitative estimate of drug-likeness (QED) is 0.810. The number of hydrogen-bond donors (Lipinski definition) is 1. The molecule has 0 saturated carbocycles. The number of nitrogens with one attached hydrogen (secondary N) is 1. The molecule has 1 aromatic heterocycles. The molecular weight excluding hydrogens is 328 g/mol. The van der Waals surface area contributed by atoms with Crippen LogP contribution in [0.3, 0.4) is 0 Å². The largest absolute Gasteiger partial charge is 0.497 e. The molecule has 0 spiro atoms. The molecule has 1 aliphatic heterocycles. The Hall–Kier alpha value is -3.02. The van der Waals surface area contributed by atoms with Gasteiger partial charge in [0.05, 0.1) is 12.7 Å². The summed E-state index contributed by atoms with van der Waals surface area (Å²) in [6.45, 7) is 7.32. The topological polar surface area (TPSA) is 57.7 Å². The van der Waals surface area contributed by atoms with Gasteiger partial charge < -0.3 is 19.9 Å². The minimum Gasteiger partial charge on any atom is -0.497 e. The summed E-state index contributed by atoms with van der Waals surface area (Å²) in [6.07, 6.45) is 3.40. The van der Waals surface area contributed by atoms with E-state index in [9.17, 15) is 4.79 Å². The zero-order chi connectivity index (χ0) is 18.4. The highest BCUT2D eigenvalue weighted by Gasteiger charge is 2.22. The Morgan fingerprint density at radius 3 is 2.50 bits per heavy atom. The summed E-state index contributed by atoms with van der Waals surface area (Å²) >= 11 is 0. The van der Waals surface area contributed by atoms with Gasteiger partial charge in [-0.2, -0.15) is 0 Å². The first-order chi connectivity index (χ1) is 12.7. The molecule has 1 fully saturated rings. The van der Waals surface area contributed by atoms with Crippen LogP contribution in [0.5, 0.6) is 5.75 Å². The van der Waals surface area contributed by atoms with Crippen LogP contribution < -0.4 is 15.0 Å². The first kappa shape index (κ1) is 17.8. The lowest BCUT2D eigenvalue weighted by atomic mass is 10.2. The van der Waals surface area contributed by atoms with Gasteiger partial charge in [-0.05, 0) is 36.4 Å². The van der Waals surface area contributed by atoms with E-state index in [0.717, 1.165) is 30.3 Å². The van der Waals surface area contributed by atoms with Gasteiger partial charge in [0.2, 0.25) is 0 Å². The summed E-state index contributed by atoms with van der Waals surface area (Å²) in [5.41, 5.74) is 1.77. The summed E-state index contributed by atoms with van der Waals surface area (Å²) in [6, 6.07) is 11.7. The van der Waals surface area contributed by atoms with Crippen molar-refractivity contribution in [1.29, 1.82) is 0 Å². The van der Waals surface area contributed by atoms with Crippen LogP contribution in [0, 0.1) is 0 Å². The van der Waals surface area contributed by atoms with Gasteiger partial charge in [0.15, 0.2) is 0 Å². The molecule has 0 radical (unpaired) electrons. The molecule has 0 unspecified atom stereocenters. The molecule has 6 heteroatoms. The molecule has 2 aromatic rings. The highest BCUT2D eigenvalue weighted by Crippen LogP contribution is 2.21. The number of nitrogens with zero attached hydrogens (tertiary/aromatic N) is 3. The minimum absolute atomic E-state index is 0.0298. The molecule has 0 aliphatic carbocycles. The molecule has 0 bridgehead atoms. The van der Waals surface area contributed by atoms with Crippen molar-refractivity contribution in [2.45, 2.75) is 0 Å². The van der Waals surface area contributed by atoms with Gasteiger partial charge in [-0.25, -0.2) is 4.98 Å². The average molecular weight is 352 g/mol. The molecule has 1 aromatic carbocycles. The van der Waals surface area contributed by atoms with E-state index in [0.29, 0.717) is 25.2 Å². The molecule has 3 rings (SSSR count). The van der Waals surface area contributed by atoms with Gasteiger partial charge >= 0.3 is 0 Å². The Balaban J connectivity index is 1.56. The van der Waals surface area contributed by atoms with Gasteiger partial charge in [-0.3, -0.25) is 4.79 Å². The van der Waals surface area contributed by atoms with Gasteiger partial charge in [-0.15, -0.1) is 6.58 Å². The summed E-state index contributed by atoms with van der Waals surface area (Å²) in [5, 5.41) is 3.10. The Morgan fingerprint density at radius 2 is 1.92 bits per heavy atom. The third-order valence-electron chi connectivity index (χ3n) is 4.44. The lowest BCUT2D eigenvalue weighted by molar-refractivity contribution is 0.0746. The molecule has 1 aliphatic rings. The third kappa shape index (κ3) is 4.14. The minimum atomic E-state index is 0.0298. The number of anilines is 2. The Morgan fingerprint density at radius 1 is 1.19 bits per heavy atom. The lowest BCUT2D eigenvalue weighted by Gasteiger charge is -2.36. The number of aromatic nitrogens is 1. The van der Waals surface area contributed by atoms with E-state index >= 15 is 0 Å². The predicted molar refractivity (Wildman–Crippen MR) is 104 cm³/mol. The number of amides is 1. The van der Waals surface area contributed by atoms with E-state index in [1.807, 2.05) is 29.2 Å². The van der Waals surface area contributed by atoms with E-state index in [1.54, 1.807) is 19.4 Å². The zero-order valence-electron chi connectivity index (χ0n) is 15.0. The second-order valence-electron chi connectivity index (χ2n) is 6.08. The number of hydrogen-bond acceptors (Lipinski definition) is 5. The standard InChI is InChI=1S/C20H24N4O2/c1-3-10-21-19-9-4-16(15-22-19)20(25)24-13-11-23(12-14-24)17-5-7-18(26-2)8-6-17/h3-9,15H,1,10-14H2,2H3,(H,21,22). The van der Waals surface area contributed by atoms with Crippen molar-refractivity contribution >= 4 is 17.4 Å². The van der Waals surface area contributed by atoms with Crippen LogP contribution in [-0.4, -0.2) is 55.6 Å². The molecule has 6 nitrogen and oxygen atoms in total. The van der Waals surface area contributed by atoms with Crippen LogP contribution in [0.2, 0.25) is 0 Å². The first-order valence-corrected chi connectivity index (χ1v) is 8.70. The summed E-state index contributed by atoms with van der Waals surface area (Å²) in [5.74, 6) is 1.62. The first-order valence-electron chi connectivity index (χ1n) is 8.70. The van der Waals surface area contributed by atoms with Crippen molar-refractivity contribution in [2.75, 3.05) is 50.1 Å². The van der Waals surface area contributed by atoms with Crippen molar-refractivity contribution in [1.82, 2.24) is 9.88 Å². The highest BCUT2D eigenvalue weighted by atomic mass is 16.5. The number of carbonyl (C=O) groups excluding carboxylic acids is 1. The van der Waals surface area contributed by atoms with Crippen molar-refractivity contribution in [3.8, 4) is 5.75 Å². The van der Waals surface area contributed by atoms with E-state index < -0.39 is 0 Å². The zero-order valence-corrected chi connectivity index (χ0v) is 15.0. The molecule has 2 heterocycles. The van der Waals surface area contributed by atoms with E-state index in [2.05, 4.69) is 33.9 Å². The number of pyridine rings is 1. The molecule has 0 atom stereocenters. The molecule has 1 amide bonds. The number of methoxy groups -OCH3 is 1. The molecule has 136 valence electrons. The fourth-order valence-corrected chi connectivity index (χ4v) is 2.95. The number of piperazine rings is 1. The smallest absolute Gasteiger partial charge is 0.255 e. The van der Waals surface area contributed by atoms with Gasteiger partial charge in [-0.1, -0.05) is 6.08 Å². The molecule has 1 N–H and O–H groups in total. The van der Waals surface area contributed by atoms with Crippen LogP contribution in [-0.2, 0) is 0 Å². The summed E-state index contributed by atoms with van der Waals surface area (Å²) in [4.78, 5) is 21.1. The summed E-state index contributed by atoms with van der Waals surface area (Å²) < 4.78 is 5.20. The van der Waals surface area contributed by atoms with Crippen molar-refractivity contribution < 1.29 is 9.53 Å². The van der Waals surface area contributed by atoms with Crippen LogP contribution >= 0.6 is 0 Å². The van der Waals surface area contributed by atoms with Crippen molar-refractivity contribution in [3.05, 3.63) is 60.8 Å². The average Bonchev–Trinajstić information content (AvgIpc) is 2.72. The SMILES string of the molecule is C=CCNc1ccc(C(=O)N2CCN(c3ccc(OC)cc3)CC2)cn1. The van der Waals surface area contributed by atoms with Crippen LogP contribution in [0.4, 0.5) is 11.5 Å². The second kappa shape index (κ2) is 8.38. The van der Waals surface area contributed by atoms with Crippen molar-refractivity contribution in [2.24, 2.45) is 0 Å². The maximum absolute atomic E-state index is 12.7. The predicted octanol–water partition coefficient (Wildman–Crippen LogP) is 2.65. The van der Waals surface area contributed by atoms with Crippen LogP contribution in [0.15, 0.2) is 55.3 Å². The fraction of sp³-hybridized carbons (Fsp3) is 0.300. The number of benzene rings is 1. The Kier molecular flexibility index (Phi) is 5.73. The van der Waals surface area contributed by atoms with E-state index in [1.165, 1.54) is 0 Å². The number of ether oxygens (including phenoxy) is 1. The van der Waals surface area contributed by atoms with Gasteiger partial charge in [0.25, 0.3) is 5.91 Å². The van der Waals surface area contributed by atoms with Crippen LogP contribution in [0.25, 0.3) is 0 Å². The molecule has 1 saturated heterocycles. The lowest BCUT2D eigenvalue weighted by Crippen LogP contribution is -2.48. The Bertz CT molecular complexity index is 735. The monoisotopic (exact) mass is 352 g/mol. The van der Waals surface area contributed by atoms with Gasteiger partial charge in [0.1, 0.15) is 11.6 Å². The maximum Gasteiger partial charge on any atom is 0.255 e. The number of rotatable bonds is 6. The summed E-state index contributed by atoms with van der Waals surface area (Å²) in [7, 11) is 1.66. The Labute approximate surface area is 154 Å². The second-order valence-corrected chi connectivity index (χ2v) is 6.08. The van der Waals surface area contributed by atoms with E-state index in [-0.39, 0.29) is 5.91 Å². The van der Waals surface area contributed by atoms with E-state index in [4.69, 9.17) is 4.74 Å². The van der Waals surface area contributed by atoms with Gasteiger partial charge in [0, 0.05) is 44.6 Å². The fourth-order valence-electron chi connectivity index (χ4n) is 2.95. The number of carbonyl (C=O) groups is 1.